The van der Waals surface area contributed by atoms with Crippen molar-refractivity contribution in [3.8, 4) is 11.3 Å². The number of anilines is 3. The van der Waals surface area contributed by atoms with E-state index in [1.165, 1.54) is 11.1 Å². The van der Waals surface area contributed by atoms with E-state index in [9.17, 15) is 8.42 Å². The molecule has 5 rings (SSSR count). The molecule has 0 amide bonds. The number of hydrogen-bond donors (Lipinski definition) is 2. The summed E-state index contributed by atoms with van der Waals surface area (Å²) in [6.07, 6.45) is 4.57. The van der Waals surface area contributed by atoms with Gasteiger partial charge < -0.3 is 21.1 Å². The van der Waals surface area contributed by atoms with E-state index in [-0.39, 0.29) is 5.95 Å². The number of thiophene rings is 1. The fourth-order valence-corrected chi connectivity index (χ4v) is 6.83. The second-order valence-electron chi connectivity index (χ2n) is 8.92. The number of sulfonamides is 1. The maximum atomic E-state index is 11.9. The third-order valence-electron chi connectivity index (χ3n) is 6.61. The molecule has 3 aromatic heterocycles. The van der Waals surface area contributed by atoms with Crippen LogP contribution in [0.15, 0.2) is 12.4 Å². The molecule has 0 radical (unpaired) electrons. The summed E-state index contributed by atoms with van der Waals surface area (Å²) in [5, 5.41) is 1.00. The van der Waals surface area contributed by atoms with Gasteiger partial charge in [0.1, 0.15) is 5.82 Å². The molecule has 5 heterocycles. The van der Waals surface area contributed by atoms with Gasteiger partial charge in [0, 0.05) is 74.0 Å². The smallest absolute Gasteiger partial charge is 0.219 e. The highest BCUT2D eigenvalue weighted by Gasteiger charge is 2.27. The molecule has 2 saturated heterocycles. The molecule has 3 aromatic rings. The number of morpholine rings is 1. The lowest BCUT2D eigenvalue weighted by Gasteiger charge is -2.33. The highest BCUT2D eigenvalue weighted by molar-refractivity contribution is 7.88. The third kappa shape index (κ3) is 4.78. The predicted molar refractivity (Wildman–Crippen MR) is 139 cm³/mol. The summed E-state index contributed by atoms with van der Waals surface area (Å²) in [7, 11) is -3.16. The maximum absolute atomic E-state index is 11.9. The first-order valence-corrected chi connectivity index (χ1v) is 14.2. The largest absolute Gasteiger partial charge is 0.396 e. The summed E-state index contributed by atoms with van der Waals surface area (Å²) >= 11 is 1.71. The minimum atomic E-state index is -3.16. The van der Waals surface area contributed by atoms with Crippen LogP contribution in [0.5, 0.6) is 0 Å². The van der Waals surface area contributed by atoms with Crippen molar-refractivity contribution in [1.29, 1.82) is 0 Å². The molecular formula is C22H30N8O3S2. The Kier molecular flexibility index (Phi) is 6.53. The zero-order chi connectivity index (χ0) is 24.7. The molecular weight excluding hydrogens is 488 g/mol. The van der Waals surface area contributed by atoms with E-state index in [0.29, 0.717) is 50.8 Å². The number of nitrogens with zero attached hydrogens (tertiary/aromatic N) is 6. The lowest BCUT2D eigenvalue weighted by atomic mass is 10.1. The van der Waals surface area contributed by atoms with Crippen molar-refractivity contribution >= 4 is 48.9 Å². The predicted octanol–water partition coefficient (Wildman–Crippen LogP) is 1.14. The number of fused-ring (bicyclic) bond motifs is 1. The van der Waals surface area contributed by atoms with Crippen molar-refractivity contribution < 1.29 is 13.2 Å². The molecule has 4 N–H and O–H groups in total. The maximum Gasteiger partial charge on any atom is 0.219 e. The van der Waals surface area contributed by atoms with Crippen molar-refractivity contribution in [2.24, 2.45) is 0 Å². The van der Waals surface area contributed by atoms with Crippen LogP contribution in [0, 0.1) is 6.92 Å². The van der Waals surface area contributed by atoms with Crippen LogP contribution in [0.4, 0.5) is 17.5 Å². The number of aryl methyl sites for hydroxylation is 1. The minimum Gasteiger partial charge on any atom is -0.396 e. The molecule has 2 aliphatic heterocycles. The van der Waals surface area contributed by atoms with E-state index in [2.05, 4.69) is 26.7 Å². The topological polar surface area (TPSA) is 144 Å². The Morgan fingerprint density at radius 1 is 1.06 bits per heavy atom. The van der Waals surface area contributed by atoms with E-state index in [1.54, 1.807) is 28.0 Å². The molecule has 11 nitrogen and oxygen atoms in total. The second kappa shape index (κ2) is 9.47. The van der Waals surface area contributed by atoms with Gasteiger partial charge in [-0.2, -0.15) is 4.31 Å². The molecule has 0 saturated carbocycles. The number of pyridine rings is 1. The fourth-order valence-electron chi connectivity index (χ4n) is 4.62. The number of aromatic nitrogens is 3. The number of hydrogen-bond acceptors (Lipinski definition) is 11. The lowest BCUT2D eigenvalue weighted by molar-refractivity contribution is 0.122. The summed E-state index contributed by atoms with van der Waals surface area (Å²) in [6, 6.07) is 0. The summed E-state index contributed by atoms with van der Waals surface area (Å²) in [5.74, 6) is 1.09. The Bertz CT molecular complexity index is 1330. The highest BCUT2D eigenvalue weighted by atomic mass is 32.2. The van der Waals surface area contributed by atoms with Gasteiger partial charge >= 0.3 is 0 Å². The number of nitrogens with two attached hydrogens (primary N) is 2. The van der Waals surface area contributed by atoms with E-state index < -0.39 is 10.0 Å². The van der Waals surface area contributed by atoms with Gasteiger partial charge in [0.2, 0.25) is 16.0 Å². The van der Waals surface area contributed by atoms with Gasteiger partial charge in [-0.3, -0.25) is 4.90 Å². The summed E-state index contributed by atoms with van der Waals surface area (Å²) in [4.78, 5) is 19.0. The van der Waals surface area contributed by atoms with E-state index in [1.807, 2.05) is 0 Å². The van der Waals surface area contributed by atoms with Crippen LogP contribution in [-0.2, 0) is 21.3 Å². The van der Waals surface area contributed by atoms with E-state index in [0.717, 1.165) is 46.7 Å². The van der Waals surface area contributed by atoms with Crippen molar-refractivity contribution in [3.63, 3.8) is 0 Å². The average Bonchev–Trinajstić information content (AvgIpc) is 3.17. The van der Waals surface area contributed by atoms with Crippen LogP contribution < -0.4 is 16.4 Å². The van der Waals surface area contributed by atoms with Crippen molar-refractivity contribution in [3.05, 3.63) is 22.8 Å². The quantitative estimate of drug-likeness (QED) is 0.504. The van der Waals surface area contributed by atoms with Crippen molar-refractivity contribution in [1.82, 2.24) is 24.2 Å². The van der Waals surface area contributed by atoms with Crippen LogP contribution in [0.3, 0.4) is 0 Å². The third-order valence-corrected chi connectivity index (χ3v) is 9.19. The second-order valence-corrected chi connectivity index (χ2v) is 12.0. The molecule has 0 atom stereocenters. The molecule has 35 heavy (non-hydrogen) atoms. The molecule has 0 unspecified atom stereocenters. The van der Waals surface area contributed by atoms with Crippen LogP contribution >= 0.6 is 11.3 Å². The van der Waals surface area contributed by atoms with Crippen LogP contribution in [0.2, 0.25) is 0 Å². The van der Waals surface area contributed by atoms with Gasteiger partial charge in [0.05, 0.1) is 35.6 Å². The van der Waals surface area contributed by atoms with Gasteiger partial charge in [-0.05, 0) is 12.5 Å². The zero-order valence-corrected chi connectivity index (χ0v) is 21.5. The standard InChI is InChI=1S/C22H30N8O3S2/c1-14-16(13-28-3-5-30(6-4-28)35(2,31)32)34-20-17(14)18(23)19(15-11-25-22(24)26-12-15)27-21(20)29-7-9-33-10-8-29/h11-12H,3-10,13,23H2,1-2H3,(H2,24,25,26). The molecule has 188 valence electrons. The molecule has 0 aromatic carbocycles. The van der Waals surface area contributed by atoms with Crippen molar-refractivity contribution in [2.45, 2.75) is 13.5 Å². The van der Waals surface area contributed by atoms with E-state index >= 15 is 0 Å². The number of ether oxygens (including phenoxy) is 1. The van der Waals surface area contributed by atoms with Gasteiger partial charge in [0.15, 0.2) is 0 Å². The zero-order valence-electron chi connectivity index (χ0n) is 19.9. The lowest BCUT2D eigenvalue weighted by Crippen LogP contribution is -2.47. The van der Waals surface area contributed by atoms with Crippen LogP contribution in [-0.4, -0.2) is 91.3 Å². The monoisotopic (exact) mass is 518 g/mol. The molecule has 0 spiro atoms. The summed E-state index contributed by atoms with van der Waals surface area (Å²) in [6.45, 7) is 8.05. The first-order chi connectivity index (χ1) is 16.7. The number of piperazine rings is 1. The van der Waals surface area contributed by atoms with Crippen molar-refractivity contribution in [2.75, 3.05) is 75.1 Å². The average molecular weight is 519 g/mol. The Labute approximate surface area is 208 Å². The summed E-state index contributed by atoms with van der Waals surface area (Å²) in [5.41, 5.74) is 15.5. The normalized spacial score (nSPS) is 18.4. The Morgan fingerprint density at radius 3 is 2.34 bits per heavy atom. The number of rotatable bonds is 5. The summed E-state index contributed by atoms with van der Waals surface area (Å²) < 4.78 is 31.9. The fraction of sp³-hybridized carbons (Fsp3) is 0.500. The minimum absolute atomic E-state index is 0.201. The first kappa shape index (κ1) is 24.1. The van der Waals surface area contributed by atoms with Gasteiger partial charge in [-0.15, -0.1) is 11.3 Å². The molecule has 13 heteroatoms. The van der Waals surface area contributed by atoms with Gasteiger partial charge in [0.25, 0.3) is 0 Å². The number of nitrogen functional groups attached to an aromatic ring is 2. The molecule has 2 fully saturated rings. The van der Waals surface area contributed by atoms with E-state index in [4.69, 9.17) is 21.2 Å². The Balaban J connectivity index is 1.54. The Hall–Kier alpha value is -2.58. The van der Waals surface area contributed by atoms with Gasteiger partial charge in [-0.1, -0.05) is 0 Å². The highest BCUT2D eigenvalue weighted by Crippen LogP contribution is 2.44. The Morgan fingerprint density at radius 2 is 1.71 bits per heavy atom. The molecule has 2 aliphatic rings. The molecule has 0 bridgehead atoms. The van der Waals surface area contributed by atoms with Crippen LogP contribution in [0.1, 0.15) is 10.4 Å². The molecule has 0 aliphatic carbocycles. The SMILES string of the molecule is Cc1c(CN2CCN(S(C)(=O)=O)CC2)sc2c(N3CCOCC3)nc(-c3cnc(N)nc3)c(N)c12. The van der Waals surface area contributed by atoms with Gasteiger partial charge in [-0.25, -0.2) is 23.4 Å². The first-order valence-electron chi connectivity index (χ1n) is 11.5. The van der Waals surface area contributed by atoms with Crippen LogP contribution in [0.25, 0.3) is 21.3 Å².